The molecule has 6 rings (SSSR count). The van der Waals surface area contributed by atoms with Gasteiger partial charge in [0.1, 0.15) is 29.5 Å². The third-order valence-corrected chi connectivity index (χ3v) is 13.8. The smallest absolute Gasteiger partial charge is 0.427 e. The number of pyridine rings is 1. The number of nitrogens with one attached hydrogen (secondary N) is 3. The van der Waals surface area contributed by atoms with E-state index in [4.69, 9.17) is 25.8 Å². The van der Waals surface area contributed by atoms with Gasteiger partial charge in [0.25, 0.3) is 5.91 Å². The number of alkyl halides is 3. The molecule has 3 fully saturated rings. The zero-order valence-electron chi connectivity index (χ0n) is 32.9. The van der Waals surface area contributed by atoms with Crippen molar-refractivity contribution in [3.63, 3.8) is 0 Å². The minimum atomic E-state index is -4.88. The number of halogens is 4. The molecule has 0 spiro atoms. The first-order valence-electron chi connectivity index (χ1n) is 19.4. The van der Waals surface area contributed by atoms with Gasteiger partial charge >= 0.3 is 12.3 Å². The van der Waals surface area contributed by atoms with Gasteiger partial charge in [0.15, 0.2) is 0 Å². The Labute approximate surface area is 338 Å². The van der Waals surface area contributed by atoms with Crippen LogP contribution in [0.5, 0.6) is 11.6 Å². The van der Waals surface area contributed by atoms with E-state index in [2.05, 4.69) is 20.3 Å². The average molecular weight is 838 g/mol. The molecule has 312 valence electrons. The minimum Gasteiger partial charge on any atom is -0.494 e. The third kappa shape index (κ3) is 9.16. The number of carbonyl (C=O) groups is 4. The van der Waals surface area contributed by atoms with Crippen LogP contribution < -0.4 is 24.8 Å². The van der Waals surface area contributed by atoms with Gasteiger partial charge in [-0.05, 0) is 82.2 Å². The molecule has 2 aliphatic carbocycles. The fraction of sp³-hybridized carbons (Fsp3) is 0.600. The third-order valence-electron chi connectivity index (χ3n) is 11.4. The van der Waals surface area contributed by atoms with E-state index in [-0.39, 0.29) is 36.6 Å². The molecule has 8 atom stereocenters. The predicted octanol–water partition coefficient (Wildman–Crippen LogP) is 6.85. The van der Waals surface area contributed by atoms with Crippen molar-refractivity contribution in [3.05, 3.63) is 41.6 Å². The van der Waals surface area contributed by atoms with Crippen LogP contribution >= 0.6 is 22.3 Å². The number of nitrogens with zero attached hydrogens (tertiary/aromatic N) is 2. The zero-order valence-corrected chi connectivity index (χ0v) is 34.5. The first kappa shape index (κ1) is 42.6. The Morgan fingerprint density at radius 2 is 1.86 bits per heavy atom. The van der Waals surface area contributed by atoms with Gasteiger partial charge in [-0.25, -0.2) is 9.78 Å². The second kappa shape index (κ2) is 16.7. The normalized spacial score (nSPS) is 29.5. The Hall–Kier alpha value is -4.05. The molecular formula is C40H51ClF3N5O7S. The van der Waals surface area contributed by atoms with Crippen molar-refractivity contribution in [1.82, 2.24) is 25.2 Å². The van der Waals surface area contributed by atoms with Crippen LogP contribution in [0.25, 0.3) is 10.8 Å². The first-order valence-corrected chi connectivity index (χ1v) is 21.1. The van der Waals surface area contributed by atoms with Crippen LogP contribution in [0, 0.1) is 17.8 Å². The number of alkyl carbamates (subject to hydrolysis) is 1. The lowest BCUT2D eigenvalue weighted by Crippen LogP contribution is -2.59. The summed E-state index contributed by atoms with van der Waals surface area (Å²) in [4.78, 5) is 62.3. The molecule has 1 aromatic carbocycles. The molecule has 2 saturated carbocycles. The summed E-state index contributed by atoms with van der Waals surface area (Å²) < 4.78 is 61.1. The van der Waals surface area contributed by atoms with E-state index < -0.39 is 70.0 Å². The Kier molecular flexibility index (Phi) is 12.4. The fourth-order valence-corrected chi connectivity index (χ4v) is 9.52. The standard InChI is InChI=1S/C40H51ClF3N5O7S/c1-7-57(26-16-17-26)48-36(52)39-19-24(39)15-14-22(2)10-8-11-23(3)32(46-37(53)56-38(4,5)40(42,43)44)35(51)49-21-25(18-29(49)33(50)47-39)55-34-27-12-9-13-28(41)31(27)30(54-6)20-45-34/h7,9,12-15,20,22-26,29,32H,8,10-11,16-19,21H2,1-6H3,(H,46,53)(H,47,50)(H,48,52)/b15-14-/t22-,23+,24+,25+,29-,32-,39+,57?/m0/s1. The second-order valence-corrected chi connectivity index (χ2v) is 18.6. The van der Waals surface area contributed by atoms with Crippen LogP contribution in [-0.4, -0.2) is 93.5 Å². The van der Waals surface area contributed by atoms with Gasteiger partial charge in [-0.1, -0.05) is 60.8 Å². The highest BCUT2D eigenvalue weighted by molar-refractivity contribution is 8.14. The maximum atomic E-state index is 14.7. The largest absolute Gasteiger partial charge is 0.494 e. The maximum absolute atomic E-state index is 14.7. The highest BCUT2D eigenvalue weighted by Gasteiger charge is 2.61. The molecule has 3 N–H and O–H groups in total. The Balaban J connectivity index is 1.35. The van der Waals surface area contributed by atoms with Crippen molar-refractivity contribution in [2.75, 3.05) is 13.7 Å². The molecule has 2 aromatic rings. The number of ether oxygens (including phenoxy) is 3. The molecule has 1 saturated heterocycles. The van der Waals surface area contributed by atoms with Gasteiger partial charge in [0, 0.05) is 28.4 Å². The lowest BCUT2D eigenvalue weighted by molar-refractivity contribution is -0.244. The summed E-state index contributed by atoms with van der Waals surface area (Å²) >= 11 is 6.54. The fourth-order valence-electron chi connectivity index (χ4n) is 7.55. The molecular weight excluding hydrogens is 787 g/mol. The number of fused-ring (bicyclic) bond motifs is 3. The summed E-state index contributed by atoms with van der Waals surface area (Å²) in [7, 11) is 1.02. The summed E-state index contributed by atoms with van der Waals surface area (Å²) in [5.74, 6) is -1.78. The van der Waals surface area contributed by atoms with Gasteiger partial charge < -0.3 is 34.5 Å². The minimum absolute atomic E-state index is 0.0234. The molecule has 12 nitrogen and oxygen atoms in total. The quantitative estimate of drug-likeness (QED) is 0.193. The van der Waals surface area contributed by atoms with Gasteiger partial charge in [-0.15, -0.1) is 0 Å². The van der Waals surface area contributed by atoms with Gasteiger partial charge in [-0.3, -0.25) is 14.4 Å². The first-order chi connectivity index (χ1) is 26.9. The van der Waals surface area contributed by atoms with E-state index in [9.17, 15) is 32.3 Å². The molecule has 4 amide bonds. The number of allylic oxidation sites excluding steroid dienone is 1. The molecule has 3 heterocycles. The number of carbonyl (C=O) groups excluding carboxylic acids is 4. The van der Waals surface area contributed by atoms with E-state index >= 15 is 0 Å². The van der Waals surface area contributed by atoms with Crippen LogP contribution in [-0.2, 0) is 19.1 Å². The number of aromatic nitrogens is 1. The van der Waals surface area contributed by atoms with Crippen LogP contribution in [0.4, 0.5) is 18.0 Å². The summed E-state index contributed by atoms with van der Waals surface area (Å²) in [6, 6.07) is 2.62. The molecule has 0 radical (unpaired) electrons. The van der Waals surface area contributed by atoms with Crippen molar-refractivity contribution in [1.29, 1.82) is 0 Å². The monoisotopic (exact) mass is 837 g/mol. The van der Waals surface area contributed by atoms with Gasteiger partial charge in [0.05, 0.1) is 24.9 Å². The molecule has 4 aliphatic rings. The Morgan fingerprint density at radius 1 is 1.12 bits per heavy atom. The predicted molar refractivity (Wildman–Crippen MR) is 212 cm³/mol. The van der Waals surface area contributed by atoms with Crippen molar-refractivity contribution in [2.24, 2.45) is 17.8 Å². The summed E-state index contributed by atoms with van der Waals surface area (Å²) in [6.45, 7) is 6.96. The highest BCUT2D eigenvalue weighted by atomic mass is 35.5. The number of amides is 4. The SMILES string of the molecule is C/C=S(/NC(=O)[C@@]12C[C@H]1/C=C\[C@@H](C)CCC[C@@H](C)[C@H](NC(=O)OC(C)(C)C(F)(F)F)C(=O)N1C[C@H](Oc3ncc(OC)c4c(Cl)cccc34)C[C@H]1C(=O)N2)C1CC1. The van der Waals surface area contributed by atoms with E-state index in [0.717, 1.165) is 26.7 Å². The summed E-state index contributed by atoms with van der Waals surface area (Å²) in [5.41, 5.74) is -4.10. The van der Waals surface area contributed by atoms with Crippen molar-refractivity contribution in [2.45, 2.75) is 120 Å². The molecule has 0 bridgehead atoms. The topological polar surface area (TPSA) is 148 Å². The second-order valence-electron chi connectivity index (χ2n) is 16.1. The molecule has 1 aromatic heterocycles. The number of rotatable bonds is 8. The van der Waals surface area contributed by atoms with E-state index in [1.54, 1.807) is 25.1 Å². The lowest BCUT2D eigenvalue weighted by Gasteiger charge is -2.33. The van der Waals surface area contributed by atoms with E-state index in [1.165, 1.54) is 18.2 Å². The van der Waals surface area contributed by atoms with Crippen LogP contribution in [0.3, 0.4) is 0 Å². The van der Waals surface area contributed by atoms with Gasteiger partial charge in [0.2, 0.25) is 23.3 Å². The average Bonchev–Trinajstić information content (AvgIpc) is 4.07. The van der Waals surface area contributed by atoms with Crippen LogP contribution in [0.2, 0.25) is 5.02 Å². The number of hydrogen-bond acceptors (Lipinski definition) is 8. The number of benzene rings is 1. The Bertz CT molecular complexity index is 1960. The number of hydrogen-bond donors (Lipinski definition) is 3. The maximum Gasteiger partial charge on any atom is 0.427 e. The van der Waals surface area contributed by atoms with Crippen LogP contribution in [0.15, 0.2) is 36.5 Å². The van der Waals surface area contributed by atoms with Gasteiger partial charge in [-0.2, -0.15) is 13.2 Å². The Morgan fingerprint density at radius 3 is 2.53 bits per heavy atom. The summed E-state index contributed by atoms with van der Waals surface area (Å²) in [5, 5.41) is 9.28. The zero-order chi connectivity index (χ0) is 41.4. The molecule has 1 unspecified atom stereocenters. The van der Waals surface area contributed by atoms with E-state index in [0.29, 0.717) is 52.5 Å². The summed E-state index contributed by atoms with van der Waals surface area (Å²) in [6.07, 6.45) is 2.47. The van der Waals surface area contributed by atoms with Crippen molar-refractivity contribution >= 4 is 62.2 Å². The highest BCUT2D eigenvalue weighted by Crippen LogP contribution is 2.48. The molecule has 57 heavy (non-hydrogen) atoms. The molecule has 17 heteroatoms. The lowest BCUT2D eigenvalue weighted by atomic mass is 9.92. The van der Waals surface area contributed by atoms with E-state index in [1.807, 2.05) is 31.4 Å². The van der Waals surface area contributed by atoms with Crippen molar-refractivity contribution < 1.29 is 46.6 Å². The molecule has 2 aliphatic heterocycles. The van der Waals surface area contributed by atoms with Crippen LogP contribution in [0.1, 0.15) is 79.6 Å². The van der Waals surface area contributed by atoms with Crippen molar-refractivity contribution in [3.8, 4) is 11.6 Å². The number of methoxy groups -OCH3 is 1.